The first-order chi connectivity index (χ1) is 10.0. The minimum absolute atomic E-state index is 0.0965. The fourth-order valence-electron chi connectivity index (χ4n) is 2.60. The fraction of sp³-hybridized carbons (Fsp3) is 0.500. The fourth-order valence-corrected chi connectivity index (χ4v) is 2.60. The summed E-state index contributed by atoms with van der Waals surface area (Å²) in [5.41, 5.74) is 0.861. The summed E-state index contributed by atoms with van der Waals surface area (Å²) in [5, 5.41) is 0. The average Bonchev–Trinajstić information content (AvgIpc) is 2.47. The van der Waals surface area contributed by atoms with Crippen molar-refractivity contribution in [3.8, 4) is 0 Å². The third-order valence-electron chi connectivity index (χ3n) is 3.81. The quantitative estimate of drug-likeness (QED) is 0.632. The maximum atomic E-state index is 14.1. The van der Waals surface area contributed by atoms with Gasteiger partial charge in [-0.05, 0) is 44.9 Å². The number of hydrogen-bond acceptors (Lipinski definition) is 4. The zero-order chi connectivity index (χ0) is 15.4. The summed E-state index contributed by atoms with van der Waals surface area (Å²) in [5.74, 6) is -0.802. The topological polar surface area (TPSA) is 46.6 Å². The first-order valence-corrected chi connectivity index (χ1v) is 7.25. The van der Waals surface area contributed by atoms with Gasteiger partial charge in [-0.2, -0.15) is 0 Å². The zero-order valence-electron chi connectivity index (χ0n) is 12.4. The maximum absolute atomic E-state index is 14.1. The first kappa shape index (κ1) is 15.5. The van der Waals surface area contributed by atoms with E-state index in [-0.39, 0.29) is 17.7 Å². The van der Waals surface area contributed by atoms with Gasteiger partial charge in [0.15, 0.2) is 5.78 Å². The molecule has 0 spiro atoms. The highest BCUT2D eigenvalue weighted by Gasteiger charge is 2.27. The van der Waals surface area contributed by atoms with Gasteiger partial charge in [0.2, 0.25) is 0 Å². The number of carbonyl (C=O) groups is 2. The molecule has 21 heavy (non-hydrogen) atoms. The van der Waals surface area contributed by atoms with Gasteiger partial charge in [-0.1, -0.05) is 0 Å². The summed E-state index contributed by atoms with van der Waals surface area (Å²) in [6, 6.07) is 4.55. The lowest BCUT2D eigenvalue weighted by Gasteiger charge is -2.32. The predicted molar refractivity (Wildman–Crippen MR) is 78.0 cm³/mol. The minimum atomic E-state index is -0.391. The number of Topliss-reactive ketones (excluding diaryl/α,β-unsaturated/α-hetero) is 1. The average molecular weight is 293 g/mol. The number of esters is 1. The molecule has 0 amide bonds. The van der Waals surface area contributed by atoms with Gasteiger partial charge in [0.1, 0.15) is 5.82 Å². The molecule has 1 aromatic rings. The summed E-state index contributed by atoms with van der Waals surface area (Å²) >= 11 is 0. The van der Waals surface area contributed by atoms with Crippen LogP contribution in [0.2, 0.25) is 0 Å². The summed E-state index contributed by atoms with van der Waals surface area (Å²) in [4.78, 5) is 24.8. The molecule has 1 aliphatic heterocycles. The molecule has 0 aliphatic carbocycles. The Kier molecular flexibility index (Phi) is 4.94. The van der Waals surface area contributed by atoms with Crippen molar-refractivity contribution < 1.29 is 18.7 Å². The Balaban J connectivity index is 2.02. The van der Waals surface area contributed by atoms with Crippen molar-refractivity contribution in [2.24, 2.45) is 5.92 Å². The van der Waals surface area contributed by atoms with E-state index in [1.54, 1.807) is 19.1 Å². The van der Waals surface area contributed by atoms with Crippen LogP contribution in [0.4, 0.5) is 10.1 Å². The maximum Gasteiger partial charge on any atom is 0.309 e. The number of rotatable bonds is 4. The summed E-state index contributed by atoms with van der Waals surface area (Å²) in [6.07, 6.45) is 1.32. The largest absolute Gasteiger partial charge is 0.466 e. The van der Waals surface area contributed by atoms with E-state index in [2.05, 4.69) is 0 Å². The van der Waals surface area contributed by atoms with Gasteiger partial charge in [0.25, 0.3) is 0 Å². The molecule has 1 saturated heterocycles. The monoisotopic (exact) mass is 293 g/mol. The SMILES string of the molecule is CCOC(=O)C1CCN(c2ccc(C(C)=O)cc2F)CC1. The first-order valence-electron chi connectivity index (χ1n) is 7.25. The summed E-state index contributed by atoms with van der Waals surface area (Å²) in [7, 11) is 0. The Hall–Kier alpha value is -1.91. The Morgan fingerprint density at radius 1 is 1.33 bits per heavy atom. The zero-order valence-corrected chi connectivity index (χ0v) is 12.4. The van der Waals surface area contributed by atoms with Crippen molar-refractivity contribution in [2.75, 3.05) is 24.6 Å². The van der Waals surface area contributed by atoms with Crippen molar-refractivity contribution in [3.63, 3.8) is 0 Å². The Morgan fingerprint density at radius 3 is 2.52 bits per heavy atom. The molecule has 1 fully saturated rings. The van der Waals surface area contributed by atoms with Crippen LogP contribution in [0.25, 0.3) is 0 Å². The van der Waals surface area contributed by atoms with Crippen LogP contribution < -0.4 is 4.90 Å². The minimum Gasteiger partial charge on any atom is -0.466 e. The molecule has 0 atom stereocenters. The Bertz CT molecular complexity index is 536. The molecule has 0 unspecified atom stereocenters. The molecule has 0 bridgehead atoms. The normalized spacial score (nSPS) is 15.9. The van der Waals surface area contributed by atoms with Gasteiger partial charge in [0.05, 0.1) is 18.2 Å². The van der Waals surface area contributed by atoms with Crippen LogP contribution >= 0.6 is 0 Å². The van der Waals surface area contributed by atoms with Crippen molar-refractivity contribution in [2.45, 2.75) is 26.7 Å². The molecule has 2 rings (SSSR count). The van der Waals surface area contributed by atoms with Crippen LogP contribution in [0, 0.1) is 11.7 Å². The molecular formula is C16H20FNO3. The van der Waals surface area contributed by atoms with E-state index in [4.69, 9.17) is 4.74 Å². The summed E-state index contributed by atoms with van der Waals surface area (Å²) < 4.78 is 19.1. The number of ketones is 1. The summed E-state index contributed by atoms with van der Waals surface area (Å²) in [6.45, 7) is 4.82. The van der Waals surface area contributed by atoms with Crippen LogP contribution in [0.1, 0.15) is 37.0 Å². The van der Waals surface area contributed by atoms with E-state index >= 15 is 0 Å². The van der Waals surface area contributed by atoms with E-state index < -0.39 is 5.82 Å². The van der Waals surface area contributed by atoms with E-state index in [9.17, 15) is 14.0 Å². The predicted octanol–water partition coefficient (Wildman–Crippen LogP) is 2.81. The number of nitrogens with zero attached hydrogens (tertiary/aromatic N) is 1. The smallest absolute Gasteiger partial charge is 0.309 e. The Labute approximate surface area is 123 Å². The number of anilines is 1. The lowest BCUT2D eigenvalue weighted by molar-refractivity contribution is -0.148. The lowest BCUT2D eigenvalue weighted by atomic mass is 9.96. The van der Waals surface area contributed by atoms with E-state index in [0.29, 0.717) is 43.8 Å². The van der Waals surface area contributed by atoms with Crippen LogP contribution in [0.15, 0.2) is 18.2 Å². The standard InChI is InChI=1S/C16H20FNO3/c1-3-21-16(20)12-6-8-18(9-7-12)15-5-4-13(11(2)19)10-14(15)17/h4-5,10,12H,3,6-9H2,1-2H3. The second-order valence-electron chi connectivity index (χ2n) is 5.24. The number of halogens is 1. The molecule has 0 saturated carbocycles. The molecule has 114 valence electrons. The van der Waals surface area contributed by atoms with Crippen LogP contribution in [0.5, 0.6) is 0 Å². The second kappa shape index (κ2) is 6.70. The number of hydrogen-bond donors (Lipinski definition) is 0. The van der Waals surface area contributed by atoms with Gasteiger partial charge >= 0.3 is 5.97 Å². The molecule has 1 aliphatic rings. The molecule has 1 heterocycles. The number of benzene rings is 1. The van der Waals surface area contributed by atoms with E-state index in [1.165, 1.54) is 13.0 Å². The molecule has 0 radical (unpaired) electrons. The second-order valence-corrected chi connectivity index (χ2v) is 5.24. The number of piperidine rings is 1. The molecule has 0 aromatic heterocycles. The molecule has 5 heteroatoms. The van der Waals surface area contributed by atoms with Gasteiger partial charge in [-0.25, -0.2) is 4.39 Å². The van der Waals surface area contributed by atoms with Gasteiger partial charge in [-0.3, -0.25) is 9.59 Å². The van der Waals surface area contributed by atoms with E-state index in [0.717, 1.165) is 0 Å². The third-order valence-corrected chi connectivity index (χ3v) is 3.81. The van der Waals surface area contributed by atoms with Gasteiger partial charge in [-0.15, -0.1) is 0 Å². The van der Waals surface area contributed by atoms with Crippen LogP contribution in [-0.2, 0) is 9.53 Å². The Morgan fingerprint density at radius 2 is 2.00 bits per heavy atom. The van der Waals surface area contributed by atoms with Crippen molar-refractivity contribution in [1.29, 1.82) is 0 Å². The lowest BCUT2D eigenvalue weighted by Crippen LogP contribution is -2.37. The highest BCUT2D eigenvalue weighted by atomic mass is 19.1. The molecular weight excluding hydrogens is 273 g/mol. The molecule has 1 aromatic carbocycles. The third kappa shape index (κ3) is 3.60. The van der Waals surface area contributed by atoms with Gasteiger partial charge in [0, 0.05) is 18.7 Å². The highest BCUT2D eigenvalue weighted by molar-refractivity contribution is 5.94. The number of ether oxygens (including phenoxy) is 1. The van der Waals surface area contributed by atoms with Crippen LogP contribution in [0.3, 0.4) is 0 Å². The van der Waals surface area contributed by atoms with Crippen molar-refractivity contribution >= 4 is 17.4 Å². The van der Waals surface area contributed by atoms with Crippen molar-refractivity contribution in [1.82, 2.24) is 0 Å². The van der Waals surface area contributed by atoms with Crippen LogP contribution in [-0.4, -0.2) is 31.4 Å². The van der Waals surface area contributed by atoms with Crippen molar-refractivity contribution in [3.05, 3.63) is 29.6 Å². The van der Waals surface area contributed by atoms with E-state index in [1.807, 2.05) is 4.90 Å². The molecule has 4 nitrogen and oxygen atoms in total. The highest BCUT2D eigenvalue weighted by Crippen LogP contribution is 2.27. The number of carbonyl (C=O) groups excluding carboxylic acids is 2. The van der Waals surface area contributed by atoms with Gasteiger partial charge < -0.3 is 9.64 Å². The molecule has 0 N–H and O–H groups in total.